The highest BCUT2D eigenvalue weighted by molar-refractivity contribution is 5.74. The molecule has 0 saturated carbocycles. The minimum Gasteiger partial charge on any atom is -0.467 e. The van der Waals surface area contributed by atoms with Crippen LogP contribution in [0.3, 0.4) is 0 Å². The zero-order valence-corrected chi connectivity index (χ0v) is 9.19. The normalized spacial score (nSPS) is 12.2. The maximum Gasteiger partial charge on any atom is 0.328 e. The molecule has 1 atom stereocenters. The van der Waals surface area contributed by atoms with Crippen LogP contribution in [-0.2, 0) is 9.53 Å². The Bertz CT molecular complexity index is 409. The predicted octanol–water partition coefficient (Wildman–Crippen LogP) is 1.28. The van der Waals surface area contributed by atoms with Crippen LogP contribution in [0.15, 0.2) is 23.0 Å². The van der Waals surface area contributed by atoms with E-state index in [4.69, 9.17) is 0 Å². The number of carbonyl (C=O) groups excluding carboxylic acids is 1. The van der Waals surface area contributed by atoms with Crippen molar-refractivity contribution in [3.8, 4) is 0 Å². The van der Waals surface area contributed by atoms with Gasteiger partial charge in [0.25, 0.3) is 5.56 Å². The first-order valence-electron chi connectivity index (χ1n) is 4.87. The lowest BCUT2D eigenvalue weighted by Crippen LogP contribution is -2.31. The van der Waals surface area contributed by atoms with Gasteiger partial charge >= 0.3 is 5.97 Å². The Morgan fingerprint density at radius 3 is 2.67 bits per heavy atom. The summed E-state index contributed by atoms with van der Waals surface area (Å²) in [5.74, 6) is -0.381. The highest BCUT2D eigenvalue weighted by Crippen LogP contribution is 2.12. The third-order valence-corrected chi connectivity index (χ3v) is 2.37. The van der Waals surface area contributed by atoms with Crippen molar-refractivity contribution in [2.75, 3.05) is 7.11 Å². The third-order valence-electron chi connectivity index (χ3n) is 2.37. The third kappa shape index (κ3) is 2.26. The van der Waals surface area contributed by atoms with E-state index in [2.05, 4.69) is 4.74 Å². The van der Waals surface area contributed by atoms with Gasteiger partial charge in [0.15, 0.2) is 0 Å². The predicted molar refractivity (Wildman–Crippen MR) is 56.8 cm³/mol. The van der Waals surface area contributed by atoms with E-state index in [0.717, 1.165) is 5.69 Å². The first-order valence-corrected chi connectivity index (χ1v) is 4.87. The van der Waals surface area contributed by atoms with Crippen molar-refractivity contribution in [1.29, 1.82) is 0 Å². The van der Waals surface area contributed by atoms with Crippen LogP contribution in [0, 0.1) is 6.92 Å². The van der Waals surface area contributed by atoms with Gasteiger partial charge in [0, 0.05) is 11.8 Å². The molecule has 4 nitrogen and oxygen atoms in total. The van der Waals surface area contributed by atoms with Gasteiger partial charge in [-0.25, -0.2) is 4.79 Å². The lowest BCUT2D eigenvalue weighted by molar-refractivity contribution is -0.144. The lowest BCUT2D eigenvalue weighted by atomic mass is 10.2. The molecule has 0 aliphatic heterocycles. The zero-order valence-electron chi connectivity index (χ0n) is 9.19. The van der Waals surface area contributed by atoms with Crippen LogP contribution in [-0.4, -0.2) is 17.6 Å². The Kier molecular flexibility index (Phi) is 3.66. The molecule has 0 bridgehead atoms. The Labute approximate surface area is 88.5 Å². The van der Waals surface area contributed by atoms with E-state index in [-0.39, 0.29) is 11.5 Å². The van der Waals surface area contributed by atoms with Crippen molar-refractivity contribution < 1.29 is 9.53 Å². The standard InChI is InChI=1S/C11H15NO3/c1-4-9(11(14)15-3)12-8(2)6-5-7-10(12)13/h5-7,9H,4H2,1-3H3. The summed E-state index contributed by atoms with van der Waals surface area (Å²) in [6, 6.07) is 4.40. The Morgan fingerprint density at radius 2 is 2.20 bits per heavy atom. The molecule has 0 aliphatic rings. The molecule has 1 heterocycles. The summed E-state index contributed by atoms with van der Waals surface area (Å²) in [5, 5.41) is 0. The highest BCUT2D eigenvalue weighted by Gasteiger charge is 2.20. The summed E-state index contributed by atoms with van der Waals surface area (Å²) < 4.78 is 6.13. The van der Waals surface area contributed by atoms with Gasteiger partial charge in [-0.3, -0.25) is 9.36 Å². The molecule has 0 radical (unpaired) electrons. The van der Waals surface area contributed by atoms with Crippen molar-refractivity contribution >= 4 is 5.97 Å². The topological polar surface area (TPSA) is 48.3 Å². The Morgan fingerprint density at radius 1 is 1.53 bits per heavy atom. The van der Waals surface area contributed by atoms with Crippen LogP contribution in [0.4, 0.5) is 0 Å². The van der Waals surface area contributed by atoms with Crippen molar-refractivity contribution in [3.05, 3.63) is 34.2 Å². The van der Waals surface area contributed by atoms with Crippen LogP contribution in [0.1, 0.15) is 25.1 Å². The summed E-state index contributed by atoms with van der Waals surface area (Å²) >= 11 is 0. The minimum atomic E-state index is -0.524. The monoisotopic (exact) mass is 209 g/mol. The van der Waals surface area contributed by atoms with Gasteiger partial charge in [-0.2, -0.15) is 0 Å². The summed E-state index contributed by atoms with van der Waals surface area (Å²) in [6.45, 7) is 3.65. The first kappa shape index (κ1) is 11.5. The second-order valence-corrected chi connectivity index (χ2v) is 3.32. The van der Waals surface area contributed by atoms with E-state index in [1.165, 1.54) is 17.7 Å². The number of nitrogens with zero attached hydrogens (tertiary/aromatic N) is 1. The average Bonchev–Trinajstić information content (AvgIpc) is 2.22. The number of hydrogen-bond acceptors (Lipinski definition) is 3. The molecule has 1 rings (SSSR count). The van der Waals surface area contributed by atoms with Gasteiger partial charge in [-0.15, -0.1) is 0 Å². The summed E-state index contributed by atoms with van der Waals surface area (Å²) in [5.41, 5.74) is 0.590. The first-order chi connectivity index (χ1) is 7.11. The summed E-state index contributed by atoms with van der Waals surface area (Å²) in [4.78, 5) is 23.1. The fourth-order valence-corrected chi connectivity index (χ4v) is 1.59. The molecule has 15 heavy (non-hydrogen) atoms. The molecule has 0 aromatic carbocycles. The maximum absolute atomic E-state index is 11.6. The van der Waals surface area contributed by atoms with Crippen molar-refractivity contribution in [3.63, 3.8) is 0 Å². The molecule has 82 valence electrons. The number of methoxy groups -OCH3 is 1. The Balaban J connectivity index is 3.23. The zero-order chi connectivity index (χ0) is 11.4. The highest BCUT2D eigenvalue weighted by atomic mass is 16.5. The van der Waals surface area contributed by atoms with Crippen molar-refractivity contribution in [1.82, 2.24) is 4.57 Å². The molecule has 0 spiro atoms. The molecule has 4 heteroatoms. The van der Waals surface area contributed by atoms with Gasteiger partial charge in [-0.1, -0.05) is 13.0 Å². The molecule has 1 aromatic heterocycles. The number of aryl methyl sites for hydroxylation is 1. The molecule has 0 N–H and O–H groups in total. The van der Waals surface area contributed by atoms with E-state index >= 15 is 0 Å². The largest absolute Gasteiger partial charge is 0.467 e. The van der Waals surface area contributed by atoms with E-state index in [1.807, 2.05) is 6.92 Å². The number of esters is 1. The number of pyridine rings is 1. The number of rotatable bonds is 3. The van der Waals surface area contributed by atoms with Gasteiger partial charge in [0.1, 0.15) is 6.04 Å². The molecule has 0 aliphatic carbocycles. The number of hydrogen-bond donors (Lipinski definition) is 0. The molecular formula is C11H15NO3. The number of ether oxygens (including phenoxy) is 1. The lowest BCUT2D eigenvalue weighted by Gasteiger charge is -2.17. The van der Waals surface area contributed by atoms with Crippen LogP contribution in [0.25, 0.3) is 0 Å². The van der Waals surface area contributed by atoms with Gasteiger partial charge < -0.3 is 4.74 Å². The van der Waals surface area contributed by atoms with Crippen LogP contribution >= 0.6 is 0 Å². The van der Waals surface area contributed by atoms with Gasteiger partial charge in [-0.05, 0) is 19.4 Å². The molecule has 0 amide bonds. The molecule has 0 fully saturated rings. The van der Waals surface area contributed by atoms with Crippen molar-refractivity contribution in [2.45, 2.75) is 26.3 Å². The average molecular weight is 209 g/mol. The SMILES string of the molecule is CCC(C(=O)OC)n1c(C)cccc1=O. The molecule has 1 aromatic rings. The smallest absolute Gasteiger partial charge is 0.328 e. The summed E-state index contributed by atoms with van der Waals surface area (Å²) in [7, 11) is 1.33. The van der Waals surface area contributed by atoms with Crippen LogP contribution < -0.4 is 5.56 Å². The quantitative estimate of drug-likeness (QED) is 0.704. The van der Waals surface area contributed by atoms with Gasteiger partial charge in [0.05, 0.1) is 7.11 Å². The van der Waals surface area contributed by atoms with E-state index in [0.29, 0.717) is 6.42 Å². The maximum atomic E-state index is 11.6. The second kappa shape index (κ2) is 4.77. The number of aromatic nitrogens is 1. The molecule has 0 saturated heterocycles. The fourth-order valence-electron chi connectivity index (χ4n) is 1.59. The Hall–Kier alpha value is -1.58. The number of carbonyl (C=O) groups is 1. The second-order valence-electron chi connectivity index (χ2n) is 3.32. The van der Waals surface area contributed by atoms with Crippen LogP contribution in [0.5, 0.6) is 0 Å². The summed E-state index contributed by atoms with van der Waals surface area (Å²) in [6.07, 6.45) is 0.539. The molecular weight excluding hydrogens is 194 g/mol. The minimum absolute atomic E-state index is 0.174. The van der Waals surface area contributed by atoms with Crippen LogP contribution in [0.2, 0.25) is 0 Å². The van der Waals surface area contributed by atoms with E-state index < -0.39 is 6.04 Å². The van der Waals surface area contributed by atoms with E-state index in [9.17, 15) is 9.59 Å². The fraction of sp³-hybridized carbons (Fsp3) is 0.455. The van der Waals surface area contributed by atoms with Gasteiger partial charge in [0.2, 0.25) is 0 Å². The van der Waals surface area contributed by atoms with Crippen molar-refractivity contribution in [2.24, 2.45) is 0 Å². The molecule has 1 unspecified atom stereocenters. The van der Waals surface area contributed by atoms with E-state index in [1.54, 1.807) is 19.1 Å².